The molecule has 1 aromatic carbocycles. The van der Waals surface area contributed by atoms with E-state index < -0.39 is 0 Å². The molecule has 26 heavy (non-hydrogen) atoms. The molecule has 0 radical (unpaired) electrons. The van der Waals surface area contributed by atoms with Crippen molar-refractivity contribution in [1.29, 1.82) is 0 Å². The molecule has 1 aliphatic heterocycles. The van der Waals surface area contributed by atoms with E-state index in [-0.39, 0.29) is 6.03 Å². The molecule has 3 aromatic rings. The first-order valence-electron chi connectivity index (χ1n) is 8.71. The van der Waals surface area contributed by atoms with Crippen LogP contribution in [0.2, 0.25) is 0 Å². The van der Waals surface area contributed by atoms with Gasteiger partial charge in [0.1, 0.15) is 5.52 Å². The van der Waals surface area contributed by atoms with Gasteiger partial charge in [-0.15, -0.1) is 0 Å². The molecule has 0 saturated carbocycles. The predicted octanol–water partition coefficient (Wildman–Crippen LogP) is 4.37. The fourth-order valence-electron chi connectivity index (χ4n) is 3.41. The molecule has 1 fully saturated rings. The van der Waals surface area contributed by atoms with Gasteiger partial charge in [-0.05, 0) is 55.7 Å². The Morgan fingerprint density at radius 3 is 2.81 bits per heavy atom. The number of halogens is 1. The number of aromatic nitrogens is 3. The second kappa shape index (κ2) is 7.07. The van der Waals surface area contributed by atoms with Crippen molar-refractivity contribution in [2.45, 2.75) is 25.8 Å². The normalized spacial score (nSPS) is 15.4. The van der Waals surface area contributed by atoms with Crippen LogP contribution in [0, 0.1) is 6.92 Å². The molecular formula is C19H20BrN5O. The summed E-state index contributed by atoms with van der Waals surface area (Å²) in [5.74, 6) is 0. The molecule has 1 saturated heterocycles. The molecule has 6 nitrogen and oxygen atoms in total. The average molecular weight is 414 g/mol. The lowest BCUT2D eigenvalue weighted by Crippen LogP contribution is -2.41. The number of urea groups is 1. The number of rotatable bonds is 2. The second-order valence-corrected chi connectivity index (χ2v) is 7.46. The number of imidazole rings is 1. The number of nitrogens with zero attached hydrogens (tertiary/aromatic N) is 4. The number of likely N-dealkylation sites (tertiary alicyclic amines) is 1. The first kappa shape index (κ1) is 17.0. The summed E-state index contributed by atoms with van der Waals surface area (Å²) in [5, 5.41) is 2.99. The van der Waals surface area contributed by atoms with E-state index in [4.69, 9.17) is 0 Å². The number of amides is 2. The minimum absolute atomic E-state index is 0.0428. The average Bonchev–Trinajstić information content (AvgIpc) is 3.09. The number of aryl methyl sites for hydroxylation is 1. The van der Waals surface area contributed by atoms with Crippen LogP contribution in [0.4, 0.5) is 10.5 Å². The highest BCUT2D eigenvalue weighted by Crippen LogP contribution is 2.26. The largest absolute Gasteiger partial charge is 0.324 e. The minimum Gasteiger partial charge on any atom is -0.324 e. The molecule has 1 N–H and O–H groups in total. The summed E-state index contributed by atoms with van der Waals surface area (Å²) in [4.78, 5) is 23.3. The molecule has 0 aliphatic carbocycles. The van der Waals surface area contributed by atoms with E-state index >= 15 is 0 Å². The van der Waals surface area contributed by atoms with Crippen molar-refractivity contribution in [3.8, 4) is 0 Å². The monoisotopic (exact) mass is 413 g/mol. The number of anilines is 1. The Kier molecular flexibility index (Phi) is 4.63. The van der Waals surface area contributed by atoms with Gasteiger partial charge in [0.05, 0.1) is 6.33 Å². The third-order valence-electron chi connectivity index (χ3n) is 4.89. The summed E-state index contributed by atoms with van der Waals surface area (Å²) in [6.07, 6.45) is 5.45. The Balaban J connectivity index is 1.40. The summed E-state index contributed by atoms with van der Waals surface area (Å²) in [6, 6.07) is 9.99. The fraction of sp³-hybridized carbons (Fsp3) is 0.316. The zero-order valence-corrected chi connectivity index (χ0v) is 16.1. The van der Waals surface area contributed by atoms with Crippen molar-refractivity contribution < 1.29 is 4.79 Å². The summed E-state index contributed by atoms with van der Waals surface area (Å²) < 4.78 is 3.18. The predicted molar refractivity (Wildman–Crippen MR) is 105 cm³/mol. The van der Waals surface area contributed by atoms with Crippen molar-refractivity contribution in [2.75, 3.05) is 18.4 Å². The molecular weight excluding hydrogens is 394 g/mol. The third-order valence-corrected chi connectivity index (χ3v) is 5.78. The quantitative estimate of drug-likeness (QED) is 0.678. The van der Waals surface area contributed by atoms with Crippen LogP contribution in [0.15, 0.2) is 47.3 Å². The van der Waals surface area contributed by atoms with Gasteiger partial charge in [0.15, 0.2) is 5.65 Å². The molecule has 7 heteroatoms. The Morgan fingerprint density at radius 1 is 1.23 bits per heavy atom. The maximum atomic E-state index is 12.5. The van der Waals surface area contributed by atoms with Crippen molar-refractivity contribution in [3.63, 3.8) is 0 Å². The van der Waals surface area contributed by atoms with E-state index in [2.05, 4.69) is 35.8 Å². The van der Waals surface area contributed by atoms with Crippen LogP contribution in [0.5, 0.6) is 0 Å². The van der Waals surface area contributed by atoms with E-state index in [0.717, 1.165) is 52.8 Å². The zero-order valence-electron chi connectivity index (χ0n) is 14.5. The maximum absolute atomic E-state index is 12.5. The topological polar surface area (TPSA) is 63.1 Å². The van der Waals surface area contributed by atoms with Crippen LogP contribution in [0.3, 0.4) is 0 Å². The molecule has 0 bridgehead atoms. The number of fused-ring (bicyclic) bond motifs is 1. The van der Waals surface area contributed by atoms with Crippen LogP contribution in [-0.4, -0.2) is 38.6 Å². The van der Waals surface area contributed by atoms with Gasteiger partial charge in [0.25, 0.3) is 0 Å². The van der Waals surface area contributed by atoms with Gasteiger partial charge in [0, 0.05) is 35.5 Å². The molecule has 0 atom stereocenters. The Hall–Kier alpha value is -2.41. The molecule has 3 heterocycles. The summed E-state index contributed by atoms with van der Waals surface area (Å²) in [6.45, 7) is 3.45. The number of hydrogen-bond acceptors (Lipinski definition) is 3. The van der Waals surface area contributed by atoms with Gasteiger partial charge in [-0.1, -0.05) is 15.9 Å². The Morgan fingerprint density at radius 2 is 2.04 bits per heavy atom. The highest BCUT2D eigenvalue weighted by molar-refractivity contribution is 9.10. The molecule has 4 rings (SSSR count). The molecule has 2 amide bonds. The van der Waals surface area contributed by atoms with Crippen LogP contribution in [0.1, 0.15) is 24.4 Å². The summed E-state index contributed by atoms with van der Waals surface area (Å²) >= 11 is 3.48. The Labute approximate surface area is 160 Å². The molecule has 2 aromatic heterocycles. The van der Waals surface area contributed by atoms with Crippen LogP contribution < -0.4 is 5.32 Å². The van der Waals surface area contributed by atoms with Crippen LogP contribution >= 0.6 is 15.9 Å². The molecule has 1 aliphatic rings. The molecule has 134 valence electrons. The number of piperidine rings is 1. The van der Waals surface area contributed by atoms with Crippen molar-refractivity contribution in [1.82, 2.24) is 19.4 Å². The van der Waals surface area contributed by atoms with Gasteiger partial charge in [-0.2, -0.15) is 0 Å². The van der Waals surface area contributed by atoms with Crippen LogP contribution in [0.25, 0.3) is 11.2 Å². The maximum Gasteiger partial charge on any atom is 0.321 e. The smallest absolute Gasteiger partial charge is 0.321 e. The van der Waals surface area contributed by atoms with Crippen molar-refractivity contribution in [3.05, 3.63) is 52.9 Å². The fourth-order valence-corrected chi connectivity index (χ4v) is 3.65. The molecule has 0 spiro atoms. The number of carbonyl (C=O) groups excluding carboxylic acids is 1. The first-order valence-corrected chi connectivity index (χ1v) is 9.51. The minimum atomic E-state index is -0.0428. The van der Waals surface area contributed by atoms with E-state index in [0.29, 0.717) is 6.04 Å². The highest BCUT2D eigenvalue weighted by Gasteiger charge is 2.25. The Bertz CT molecular complexity index is 946. The van der Waals surface area contributed by atoms with Gasteiger partial charge in [-0.25, -0.2) is 14.8 Å². The number of benzene rings is 1. The first-order chi connectivity index (χ1) is 12.6. The number of nitrogens with one attached hydrogen (secondary N) is 1. The number of hydrogen-bond donors (Lipinski definition) is 1. The van der Waals surface area contributed by atoms with Gasteiger partial charge in [-0.3, -0.25) is 0 Å². The lowest BCUT2D eigenvalue weighted by atomic mass is 10.1. The zero-order chi connectivity index (χ0) is 18.1. The number of pyridine rings is 1. The summed E-state index contributed by atoms with van der Waals surface area (Å²) in [7, 11) is 0. The van der Waals surface area contributed by atoms with Crippen molar-refractivity contribution in [2.24, 2.45) is 0 Å². The highest BCUT2D eigenvalue weighted by atomic mass is 79.9. The van der Waals surface area contributed by atoms with Crippen LogP contribution in [-0.2, 0) is 0 Å². The third kappa shape index (κ3) is 3.31. The molecule has 0 unspecified atom stereocenters. The SMILES string of the molecule is Cc1cc(NC(=O)N2CCC(n3cnc4cccnc43)CC2)ccc1Br. The van der Waals surface area contributed by atoms with Gasteiger partial charge < -0.3 is 14.8 Å². The summed E-state index contributed by atoms with van der Waals surface area (Å²) in [5.41, 5.74) is 3.75. The van der Waals surface area contributed by atoms with E-state index in [1.807, 2.05) is 48.5 Å². The van der Waals surface area contributed by atoms with Gasteiger partial charge >= 0.3 is 6.03 Å². The standard InChI is InChI=1S/C19H20BrN5O/c1-13-11-14(4-5-16(13)20)23-19(26)24-9-6-15(7-10-24)25-12-22-17-3-2-8-21-18(17)25/h2-5,8,11-12,15H,6-7,9-10H2,1H3,(H,23,26). The van der Waals surface area contributed by atoms with E-state index in [1.54, 1.807) is 6.20 Å². The van der Waals surface area contributed by atoms with Gasteiger partial charge in [0.2, 0.25) is 0 Å². The number of carbonyl (C=O) groups is 1. The van der Waals surface area contributed by atoms with E-state index in [1.165, 1.54) is 0 Å². The lowest BCUT2D eigenvalue weighted by Gasteiger charge is -2.32. The van der Waals surface area contributed by atoms with Crippen molar-refractivity contribution >= 4 is 38.8 Å². The van der Waals surface area contributed by atoms with E-state index in [9.17, 15) is 4.79 Å². The second-order valence-electron chi connectivity index (χ2n) is 6.61. The lowest BCUT2D eigenvalue weighted by molar-refractivity contribution is 0.184.